The molecular formula is C19H24F2N2O. The number of nitrogens with two attached hydrogens (primary N) is 1. The molecule has 2 aromatic rings. The molecule has 0 aliphatic carbocycles. The summed E-state index contributed by atoms with van der Waals surface area (Å²) in [7, 11) is 1.59. The Labute approximate surface area is 141 Å². The first kappa shape index (κ1) is 18.5. The summed E-state index contributed by atoms with van der Waals surface area (Å²) < 4.78 is 32.0. The van der Waals surface area contributed by atoms with Crippen molar-refractivity contribution in [3.8, 4) is 0 Å². The van der Waals surface area contributed by atoms with Gasteiger partial charge < -0.3 is 15.8 Å². The lowest BCUT2D eigenvalue weighted by molar-refractivity contribution is 0.0795. The van der Waals surface area contributed by atoms with Crippen molar-refractivity contribution in [1.82, 2.24) is 5.32 Å². The molecule has 130 valence electrons. The quantitative estimate of drug-likeness (QED) is 0.780. The van der Waals surface area contributed by atoms with Gasteiger partial charge in [-0.3, -0.25) is 0 Å². The van der Waals surface area contributed by atoms with Crippen LogP contribution in [0.15, 0.2) is 42.5 Å². The Morgan fingerprint density at radius 3 is 2.42 bits per heavy atom. The second kappa shape index (κ2) is 8.87. The zero-order valence-corrected chi connectivity index (χ0v) is 14.1. The van der Waals surface area contributed by atoms with Gasteiger partial charge in [0, 0.05) is 32.3 Å². The van der Waals surface area contributed by atoms with Crippen LogP contribution in [0.3, 0.4) is 0 Å². The van der Waals surface area contributed by atoms with E-state index < -0.39 is 11.6 Å². The molecule has 0 amide bonds. The Morgan fingerprint density at radius 1 is 1.08 bits per heavy atom. The molecule has 24 heavy (non-hydrogen) atoms. The van der Waals surface area contributed by atoms with Crippen molar-refractivity contribution in [3.63, 3.8) is 0 Å². The molecule has 0 saturated heterocycles. The summed E-state index contributed by atoms with van der Waals surface area (Å²) in [6.45, 7) is 3.32. The van der Waals surface area contributed by atoms with Gasteiger partial charge in [-0.25, -0.2) is 8.78 Å². The third kappa shape index (κ3) is 5.67. The molecule has 5 heteroatoms. The van der Waals surface area contributed by atoms with Gasteiger partial charge in [0.1, 0.15) is 11.6 Å². The molecule has 0 heterocycles. The number of hydrogen-bond donors (Lipinski definition) is 2. The van der Waals surface area contributed by atoms with Crippen LogP contribution in [0, 0.1) is 18.6 Å². The molecule has 0 radical (unpaired) electrons. The van der Waals surface area contributed by atoms with Gasteiger partial charge in [-0.1, -0.05) is 29.8 Å². The van der Waals surface area contributed by atoms with E-state index >= 15 is 0 Å². The van der Waals surface area contributed by atoms with Gasteiger partial charge in [0.2, 0.25) is 0 Å². The second-order valence-corrected chi connectivity index (χ2v) is 6.04. The SMILES string of the molecule is CO[C@H](CNCc1cccc(C)c1)[C@@H](N)Cc1cc(F)cc(F)c1. The zero-order chi connectivity index (χ0) is 17.5. The third-order valence-corrected chi connectivity index (χ3v) is 3.93. The van der Waals surface area contributed by atoms with E-state index in [-0.39, 0.29) is 12.1 Å². The Kier molecular flexibility index (Phi) is 6.85. The second-order valence-electron chi connectivity index (χ2n) is 6.04. The number of halogens is 2. The average Bonchev–Trinajstić information content (AvgIpc) is 2.50. The molecule has 2 aromatic carbocycles. The van der Waals surface area contributed by atoms with E-state index in [1.807, 2.05) is 6.07 Å². The van der Waals surface area contributed by atoms with Gasteiger partial charge in [0.15, 0.2) is 0 Å². The van der Waals surface area contributed by atoms with E-state index in [0.717, 1.165) is 6.07 Å². The van der Waals surface area contributed by atoms with E-state index in [9.17, 15) is 8.78 Å². The predicted molar refractivity (Wildman–Crippen MR) is 91.7 cm³/mol. The van der Waals surface area contributed by atoms with Crippen LogP contribution in [-0.2, 0) is 17.7 Å². The van der Waals surface area contributed by atoms with Gasteiger partial charge in [-0.15, -0.1) is 0 Å². The minimum atomic E-state index is -0.594. The summed E-state index contributed by atoms with van der Waals surface area (Å²) in [6.07, 6.45) is 0.0976. The van der Waals surface area contributed by atoms with Gasteiger partial charge in [0.05, 0.1) is 6.10 Å². The van der Waals surface area contributed by atoms with Crippen molar-refractivity contribution < 1.29 is 13.5 Å². The fraction of sp³-hybridized carbons (Fsp3) is 0.368. The monoisotopic (exact) mass is 334 g/mol. The van der Waals surface area contributed by atoms with Crippen LogP contribution in [0.2, 0.25) is 0 Å². The minimum absolute atomic E-state index is 0.249. The first-order valence-electron chi connectivity index (χ1n) is 7.97. The van der Waals surface area contributed by atoms with Crippen LogP contribution in [0.1, 0.15) is 16.7 Å². The Morgan fingerprint density at radius 2 is 1.79 bits per heavy atom. The normalized spacial score (nSPS) is 13.7. The molecule has 0 aromatic heterocycles. The fourth-order valence-corrected chi connectivity index (χ4v) is 2.72. The lowest BCUT2D eigenvalue weighted by atomic mass is 10.0. The molecule has 0 aliphatic rings. The van der Waals surface area contributed by atoms with E-state index in [2.05, 4.69) is 30.4 Å². The Bertz CT molecular complexity index is 643. The average molecular weight is 334 g/mol. The van der Waals surface area contributed by atoms with Crippen molar-refractivity contribution in [1.29, 1.82) is 0 Å². The summed E-state index contributed by atoms with van der Waals surface area (Å²) in [4.78, 5) is 0. The van der Waals surface area contributed by atoms with Crippen molar-refractivity contribution in [3.05, 3.63) is 70.8 Å². The molecule has 0 aliphatic heterocycles. The van der Waals surface area contributed by atoms with E-state index in [0.29, 0.717) is 25.1 Å². The van der Waals surface area contributed by atoms with E-state index in [4.69, 9.17) is 10.5 Å². The molecule has 3 nitrogen and oxygen atoms in total. The lowest BCUT2D eigenvalue weighted by Crippen LogP contribution is -2.44. The largest absolute Gasteiger partial charge is 0.379 e. The lowest BCUT2D eigenvalue weighted by Gasteiger charge is -2.23. The number of benzene rings is 2. The zero-order valence-electron chi connectivity index (χ0n) is 14.1. The van der Waals surface area contributed by atoms with Crippen LogP contribution in [-0.4, -0.2) is 25.8 Å². The van der Waals surface area contributed by atoms with Gasteiger partial charge >= 0.3 is 0 Å². The molecule has 0 unspecified atom stereocenters. The van der Waals surface area contributed by atoms with Gasteiger partial charge in [0.25, 0.3) is 0 Å². The first-order valence-corrected chi connectivity index (χ1v) is 7.97. The van der Waals surface area contributed by atoms with Crippen LogP contribution >= 0.6 is 0 Å². The molecule has 2 rings (SSSR count). The van der Waals surface area contributed by atoms with Gasteiger partial charge in [-0.2, -0.15) is 0 Å². The molecule has 2 atom stereocenters. The summed E-state index contributed by atoms with van der Waals surface area (Å²) >= 11 is 0. The smallest absolute Gasteiger partial charge is 0.126 e. The molecule has 0 spiro atoms. The molecular weight excluding hydrogens is 310 g/mol. The minimum Gasteiger partial charge on any atom is -0.379 e. The number of ether oxygens (including phenoxy) is 1. The van der Waals surface area contributed by atoms with E-state index in [1.165, 1.54) is 23.3 Å². The Hall–Kier alpha value is -1.82. The summed E-state index contributed by atoms with van der Waals surface area (Å²) in [6, 6.07) is 11.3. The maximum Gasteiger partial charge on any atom is 0.126 e. The molecule has 3 N–H and O–H groups in total. The van der Waals surface area contributed by atoms with E-state index in [1.54, 1.807) is 7.11 Å². The summed E-state index contributed by atoms with van der Waals surface area (Å²) in [5, 5.41) is 3.32. The number of hydrogen-bond acceptors (Lipinski definition) is 3. The molecule has 0 fully saturated rings. The highest BCUT2D eigenvalue weighted by Crippen LogP contribution is 2.12. The molecule has 0 bridgehead atoms. The highest BCUT2D eigenvalue weighted by molar-refractivity contribution is 5.22. The van der Waals surface area contributed by atoms with Crippen LogP contribution in [0.25, 0.3) is 0 Å². The first-order chi connectivity index (χ1) is 11.5. The van der Waals surface area contributed by atoms with Crippen molar-refractivity contribution in [2.45, 2.75) is 32.0 Å². The maximum absolute atomic E-state index is 13.3. The number of methoxy groups -OCH3 is 1. The van der Waals surface area contributed by atoms with Gasteiger partial charge in [-0.05, 0) is 36.6 Å². The standard InChI is InChI=1S/C19H24F2N2O/c1-13-4-3-5-14(6-13)11-23-12-19(24-2)18(22)9-15-7-16(20)10-17(21)8-15/h3-8,10,18-19,23H,9,11-12,22H2,1-2H3/t18-,19+/m0/s1. The highest BCUT2D eigenvalue weighted by atomic mass is 19.1. The van der Waals surface area contributed by atoms with Crippen LogP contribution in [0.5, 0.6) is 0 Å². The van der Waals surface area contributed by atoms with Crippen LogP contribution in [0.4, 0.5) is 8.78 Å². The number of aryl methyl sites for hydroxylation is 1. The number of rotatable bonds is 8. The fourth-order valence-electron chi connectivity index (χ4n) is 2.72. The van der Waals surface area contributed by atoms with Crippen molar-refractivity contribution in [2.75, 3.05) is 13.7 Å². The van der Waals surface area contributed by atoms with Crippen molar-refractivity contribution in [2.24, 2.45) is 5.73 Å². The summed E-state index contributed by atoms with van der Waals surface area (Å²) in [5.74, 6) is -1.19. The predicted octanol–water partition coefficient (Wildman–Crippen LogP) is 2.95. The van der Waals surface area contributed by atoms with Crippen molar-refractivity contribution >= 4 is 0 Å². The maximum atomic E-state index is 13.3. The number of nitrogens with one attached hydrogen (secondary N) is 1. The highest BCUT2D eigenvalue weighted by Gasteiger charge is 2.18. The Balaban J connectivity index is 1.87. The third-order valence-electron chi connectivity index (χ3n) is 3.93. The molecule has 0 saturated carbocycles. The topological polar surface area (TPSA) is 47.3 Å². The van der Waals surface area contributed by atoms with Crippen LogP contribution < -0.4 is 11.1 Å². The summed E-state index contributed by atoms with van der Waals surface area (Å²) in [5.41, 5.74) is 9.08.